The van der Waals surface area contributed by atoms with Gasteiger partial charge in [-0.25, -0.2) is 4.79 Å². The fourth-order valence-electron chi connectivity index (χ4n) is 1.97. The molecule has 1 N–H and O–H groups in total. The van der Waals surface area contributed by atoms with E-state index in [2.05, 4.69) is 0 Å². The van der Waals surface area contributed by atoms with Crippen molar-refractivity contribution in [2.75, 3.05) is 13.2 Å². The van der Waals surface area contributed by atoms with Crippen LogP contribution in [0.3, 0.4) is 0 Å². The summed E-state index contributed by atoms with van der Waals surface area (Å²) in [5.74, 6) is -1.35. The number of nitrogens with zero attached hydrogens (tertiary/aromatic N) is 1. The Morgan fingerprint density at radius 2 is 2.11 bits per heavy atom. The third-order valence-corrected chi connectivity index (χ3v) is 3.15. The van der Waals surface area contributed by atoms with E-state index >= 15 is 0 Å². The van der Waals surface area contributed by atoms with Gasteiger partial charge in [-0.05, 0) is 12.5 Å². The average Bonchev–Trinajstić information content (AvgIpc) is 2.35. The van der Waals surface area contributed by atoms with Gasteiger partial charge in [-0.1, -0.05) is 30.3 Å². The number of rotatable bonds is 3. The van der Waals surface area contributed by atoms with Crippen molar-refractivity contribution in [1.82, 2.24) is 4.90 Å². The highest BCUT2D eigenvalue weighted by Gasteiger charge is 2.45. The van der Waals surface area contributed by atoms with Crippen LogP contribution in [0.2, 0.25) is 0 Å². The first-order valence-corrected chi connectivity index (χ1v) is 5.69. The summed E-state index contributed by atoms with van der Waals surface area (Å²) >= 11 is 0. The van der Waals surface area contributed by atoms with Crippen LogP contribution < -0.4 is 0 Å². The minimum atomic E-state index is -1.30. The number of aliphatic carboxylic acids is 1. The van der Waals surface area contributed by atoms with Crippen LogP contribution in [0.15, 0.2) is 30.3 Å². The van der Waals surface area contributed by atoms with Gasteiger partial charge in [0.2, 0.25) is 5.91 Å². The van der Waals surface area contributed by atoms with Crippen molar-refractivity contribution >= 4 is 11.9 Å². The van der Waals surface area contributed by atoms with Crippen molar-refractivity contribution in [3.63, 3.8) is 0 Å². The van der Waals surface area contributed by atoms with Gasteiger partial charge in [0.05, 0.1) is 6.61 Å². The maximum absolute atomic E-state index is 11.9. The zero-order chi connectivity index (χ0) is 13.2. The molecule has 1 atom stereocenters. The first-order valence-electron chi connectivity index (χ1n) is 5.69. The van der Waals surface area contributed by atoms with Gasteiger partial charge in [0.25, 0.3) is 0 Å². The Morgan fingerprint density at radius 3 is 2.72 bits per heavy atom. The third kappa shape index (κ3) is 2.22. The van der Waals surface area contributed by atoms with Crippen LogP contribution in [0.1, 0.15) is 12.5 Å². The molecule has 5 heteroatoms. The second-order valence-electron chi connectivity index (χ2n) is 4.54. The summed E-state index contributed by atoms with van der Waals surface area (Å²) in [6.45, 7) is 1.75. The number of hydrogen-bond donors (Lipinski definition) is 1. The summed E-state index contributed by atoms with van der Waals surface area (Å²) < 4.78 is 5.05. The molecule has 0 radical (unpaired) electrons. The van der Waals surface area contributed by atoms with Crippen LogP contribution in [0.25, 0.3) is 0 Å². The Kier molecular flexibility index (Phi) is 3.34. The number of amides is 1. The van der Waals surface area contributed by atoms with E-state index in [1.165, 1.54) is 11.8 Å². The van der Waals surface area contributed by atoms with Crippen LogP contribution in [0, 0.1) is 0 Å². The highest BCUT2D eigenvalue weighted by Crippen LogP contribution is 2.23. The quantitative estimate of drug-likeness (QED) is 0.863. The van der Waals surface area contributed by atoms with Crippen molar-refractivity contribution in [3.8, 4) is 0 Å². The topological polar surface area (TPSA) is 66.8 Å². The zero-order valence-electron chi connectivity index (χ0n) is 10.1. The predicted molar refractivity (Wildman–Crippen MR) is 63.9 cm³/mol. The Morgan fingerprint density at radius 1 is 1.44 bits per heavy atom. The first kappa shape index (κ1) is 12.6. The molecule has 18 heavy (non-hydrogen) atoms. The summed E-state index contributed by atoms with van der Waals surface area (Å²) in [6.07, 6.45) is 0. The van der Waals surface area contributed by atoms with Gasteiger partial charge in [-0.15, -0.1) is 0 Å². The van der Waals surface area contributed by atoms with Gasteiger partial charge in [0, 0.05) is 6.54 Å². The first-order chi connectivity index (χ1) is 8.54. The summed E-state index contributed by atoms with van der Waals surface area (Å²) in [4.78, 5) is 24.6. The lowest BCUT2D eigenvalue weighted by atomic mass is 9.98. The monoisotopic (exact) mass is 249 g/mol. The minimum absolute atomic E-state index is 0.0148. The number of carboxylic acids is 1. The summed E-state index contributed by atoms with van der Waals surface area (Å²) in [5, 5.41) is 9.29. The normalized spacial score (nSPS) is 24.1. The van der Waals surface area contributed by atoms with Crippen LogP contribution >= 0.6 is 0 Å². The SMILES string of the molecule is C[C@@]1(C(=O)O)COCC(=O)N1Cc1ccccc1. The second kappa shape index (κ2) is 4.78. The van der Waals surface area contributed by atoms with Crippen LogP contribution in [-0.4, -0.2) is 40.6 Å². The van der Waals surface area contributed by atoms with Gasteiger partial charge < -0.3 is 14.7 Å². The van der Waals surface area contributed by atoms with E-state index in [0.29, 0.717) is 0 Å². The number of ether oxygens (including phenoxy) is 1. The van der Waals surface area contributed by atoms with E-state index in [0.717, 1.165) is 5.56 Å². The van der Waals surface area contributed by atoms with Gasteiger partial charge in [0.1, 0.15) is 6.61 Å². The lowest BCUT2D eigenvalue weighted by Gasteiger charge is -2.41. The third-order valence-electron chi connectivity index (χ3n) is 3.15. The number of benzene rings is 1. The van der Waals surface area contributed by atoms with Gasteiger partial charge in [0.15, 0.2) is 5.54 Å². The molecule has 0 spiro atoms. The van der Waals surface area contributed by atoms with Crippen molar-refractivity contribution in [2.24, 2.45) is 0 Å². The molecule has 0 unspecified atom stereocenters. The number of morpholine rings is 1. The molecule has 0 bridgehead atoms. The molecular weight excluding hydrogens is 234 g/mol. The molecule has 2 rings (SSSR count). The van der Waals surface area contributed by atoms with Gasteiger partial charge >= 0.3 is 5.97 Å². The zero-order valence-corrected chi connectivity index (χ0v) is 10.1. The largest absolute Gasteiger partial charge is 0.479 e. The number of hydrogen-bond acceptors (Lipinski definition) is 3. The minimum Gasteiger partial charge on any atom is -0.479 e. The number of carboxylic acid groups (broad SMARTS) is 1. The molecule has 1 aromatic rings. The summed E-state index contributed by atoms with van der Waals surface area (Å²) in [7, 11) is 0. The average molecular weight is 249 g/mol. The fraction of sp³-hybridized carbons (Fsp3) is 0.385. The molecule has 0 aromatic heterocycles. The predicted octanol–water partition coefficient (Wildman–Crippen LogP) is 0.889. The van der Waals surface area contributed by atoms with Crippen molar-refractivity contribution in [1.29, 1.82) is 0 Å². The number of carbonyl (C=O) groups is 2. The van der Waals surface area contributed by atoms with E-state index in [-0.39, 0.29) is 25.7 Å². The molecule has 1 saturated heterocycles. The van der Waals surface area contributed by atoms with E-state index in [1.54, 1.807) is 0 Å². The maximum atomic E-state index is 11.9. The van der Waals surface area contributed by atoms with E-state index in [1.807, 2.05) is 30.3 Å². The highest BCUT2D eigenvalue weighted by molar-refractivity contribution is 5.88. The molecule has 96 valence electrons. The van der Waals surface area contributed by atoms with Crippen molar-refractivity contribution < 1.29 is 19.4 Å². The Hall–Kier alpha value is -1.88. The summed E-state index contributed by atoms with van der Waals surface area (Å²) in [6, 6.07) is 9.33. The lowest BCUT2D eigenvalue weighted by Crippen LogP contribution is -2.61. The molecule has 0 aliphatic carbocycles. The molecule has 1 aliphatic heterocycles. The fourth-order valence-corrected chi connectivity index (χ4v) is 1.97. The Labute approximate surface area is 105 Å². The molecule has 1 fully saturated rings. The molecule has 1 heterocycles. The van der Waals surface area contributed by atoms with E-state index in [4.69, 9.17) is 4.74 Å². The number of carbonyl (C=O) groups excluding carboxylic acids is 1. The molecular formula is C13H15NO4. The Bertz CT molecular complexity index is 459. The molecule has 1 aliphatic rings. The molecule has 1 amide bonds. The van der Waals surface area contributed by atoms with Crippen LogP contribution in [-0.2, 0) is 20.9 Å². The smallest absolute Gasteiger partial charge is 0.331 e. The van der Waals surface area contributed by atoms with Gasteiger partial charge in [-0.3, -0.25) is 4.79 Å². The van der Waals surface area contributed by atoms with Crippen LogP contribution in [0.4, 0.5) is 0 Å². The molecule has 5 nitrogen and oxygen atoms in total. The van der Waals surface area contributed by atoms with Crippen molar-refractivity contribution in [3.05, 3.63) is 35.9 Å². The maximum Gasteiger partial charge on any atom is 0.331 e. The van der Waals surface area contributed by atoms with Crippen LogP contribution in [0.5, 0.6) is 0 Å². The summed E-state index contributed by atoms with van der Waals surface area (Å²) in [5.41, 5.74) is -0.397. The highest BCUT2D eigenvalue weighted by atomic mass is 16.5. The molecule has 1 aromatic carbocycles. The van der Waals surface area contributed by atoms with E-state index < -0.39 is 11.5 Å². The second-order valence-corrected chi connectivity index (χ2v) is 4.54. The molecule has 0 saturated carbocycles. The van der Waals surface area contributed by atoms with Gasteiger partial charge in [-0.2, -0.15) is 0 Å². The van der Waals surface area contributed by atoms with E-state index in [9.17, 15) is 14.7 Å². The Balaban J connectivity index is 2.26. The standard InChI is InChI=1S/C13H15NO4/c1-13(12(16)17)9-18-8-11(15)14(13)7-10-5-3-2-4-6-10/h2-6H,7-9H2,1H3,(H,16,17)/t13-/m0/s1. The lowest BCUT2D eigenvalue weighted by molar-refractivity contribution is -0.175. The van der Waals surface area contributed by atoms with Crippen molar-refractivity contribution in [2.45, 2.75) is 19.0 Å².